The maximum Gasteiger partial charge on any atom is 0.318 e. The lowest BCUT2D eigenvalue weighted by atomic mass is 9.88. The topological polar surface area (TPSA) is 55.8 Å². The van der Waals surface area contributed by atoms with Gasteiger partial charge in [0.25, 0.3) is 5.91 Å². The lowest BCUT2D eigenvalue weighted by Gasteiger charge is -2.33. The van der Waals surface area contributed by atoms with Gasteiger partial charge in [-0.2, -0.15) is 0 Å². The van der Waals surface area contributed by atoms with Crippen LogP contribution < -0.4 is 4.74 Å². The maximum absolute atomic E-state index is 13.1. The van der Waals surface area contributed by atoms with Crippen molar-refractivity contribution in [2.24, 2.45) is 0 Å². The minimum Gasteiger partial charge on any atom is -0.457 e. The Hall–Kier alpha value is -2.82. The molecule has 5 nitrogen and oxygen atoms in total. The van der Waals surface area contributed by atoms with Crippen LogP contribution in [-0.2, 0) is 14.3 Å². The van der Waals surface area contributed by atoms with E-state index in [0.29, 0.717) is 18.0 Å². The summed E-state index contributed by atoms with van der Waals surface area (Å²) in [5.74, 6) is 0.185. The van der Waals surface area contributed by atoms with Gasteiger partial charge in [-0.05, 0) is 31.9 Å². The summed E-state index contributed by atoms with van der Waals surface area (Å²) in [7, 11) is 0. The van der Waals surface area contributed by atoms with Crippen molar-refractivity contribution in [1.29, 1.82) is 0 Å². The normalized spacial score (nSPS) is 16.3. The van der Waals surface area contributed by atoms with Gasteiger partial charge in [0, 0.05) is 23.7 Å². The molecule has 1 aliphatic carbocycles. The first-order valence-electron chi connectivity index (χ1n) is 10.5. The predicted molar refractivity (Wildman–Crippen MR) is 110 cm³/mol. The molecular weight excluding hydrogens is 366 g/mol. The van der Waals surface area contributed by atoms with E-state index in [4.69, 9.17) is 9.47 Å². The van der Waals surface area contributed by atoms with Gasteiger partial charge in [-0.25, -0.2) is 0 Å². The number of para-hydroxylation sites is 2. The molecule has 0 saturated heterocycles. The number of fused-ring (bicyclic) bond motifs is 2. The molecule has 0 spiro atoms. The molecule has 0 unspecified atom stereocenters. The molecule has 1 heterocycles. The van der Waals surface area contributed by atoms with Gasteiger partial charge in [-0.3, -0.25) is 9.59 Å². The highest BCUT2D eigenvalue weighted by Crippen LogP contribution is 2.44. The summed E-state index contributed by atoms with van der Waals surface area (Å²) in [4.78, 5) is 27.7. The van der Waals surface area contributed by atoms with Crippen LogP contribution in [0.3, 0.4) is 0 Å². The molecule has 0 aromatic heterocycles. The summed E-state index contributed by atoms with van der Waals surface area (Å²) in [5.41, 5.74) is 1.53. The molecule has 1 fully saturated rings. The first-order valence-corrected chi connectivity index (χ1v) is 10.5. The van der Waals surface area contributed by atoms with Crippen LogP contribution in [0.2, 0.25) is 0 Å². The SMILES string of the molecule is CCN(C(=O)COC(=O)C1c2ccccc2Oc2ccccc21)C1CCCCC1. The van der Waals surface area contributed by atoms with Gasteiger partial charge in [0.1, 0.15) is 17.4 Å². The average molecular weight is 393 g/mol. The first-order chi connectivity index (χ1) is 14.2. The second-order valence-electron chi connectivity index (χ2n) is 7.69. The number of amides is 1. The molecule has 29 heavy (non-hydrogen) atoms. The first kappa shape index (κ1) is 19.5. The van der Waals surface area contributed by atoms with E-state index in [1.165, 1.54) is 6.42 Å². The monoisotopic (exact) mass is 393 g/mol. The molecule has 0 N–H and O–H groups in total. The molecule has 5 heteroatoms. The number of likely N-dealkylation sites (N-methyl/N-ethyl adjacent to an activating group) is 1. The van der Waals surface area contributed by atoms with Gasteiger partial charge in [-0.15, -0.1) is 0 Å². The Bertz CT molecular complexity index is 842. The predicted octanol–water partition coefficient (Wildman–Crippen LogP) is 4.65. The summed E-state index contributed by atoms with van der Waals surface area (Å²) >= 11 is 0. The molecule has 2 aromatic rings. The Balaban J connectivity index is 1.49. The van der Waals surface area contributed by atoms with Gasteiger partial charge in [0.15, 0.2) is 6.61 Å². The van der Waals surface area contributed by atoms with E-state index in [0.717, 1.165) is 36.8 Å². The zero-order valence-electron chi connectivity index (χ0n) is 16.8. The number of carbonyl (C=O) groups is 2. The molecule has 152 valence electrons. The van der Waals surface area contributed by atoms with Gasteiger partial charge >= 0.3 is 5.97 Å². The van der Waals surface area contributed by atoms with Crippen molar-refractivity contribution < 1.29 is 19.1 Å². The number of carbonyl (C=O) groups excluding carboxylic acids is 2. The van der Waals surface area contributed by atoms with Gasteiger partial charge < -0.3 is 14.4 Å². The van der Waals surface area contributed by atoms with Crippen LogP contribution >= 0.6 is 0 Å². The largest absolute Gasteiger partial charge is 0.457 e. The van der Waals surface area contributed by atoms with Crippen molar-refractivity contribution in [3.63, 3.8) is 0 Å². The van der Waals surface area contributed by atoms with E-state index in [2.05, 4.69) is 0 Å². The summed E-state index contributed by atoms with van der Waals surface area (Å²) in [6.07, 6.45) is 5.62. The van der Waals surface area contributed by atoms with Crippen LogP contribution in [0, 0.1) is 0 Å². The molecule has 4 rings (SSSR count). The summed E-state index contributed by atoms with van der Waals surface area (Å²) in [5, 5.41) is 0. The molecule has 0 radical (unpaired) electrons. The number of ether oxygens (including phenoxy) is 2. The zero-order valence-corrected chi connectivity index (χ0v) is 16.8. The van der Waals surface area contributed by atoms with E-state index in [1.807, 2.05) is 60.4 Å². The van der Waals surface area contributed by atoms with Crippen LogP contribution in [-0.4, -0.2) is 36.0 Å². The van der Waals surface area contributed by atoms with Crippen molar-refractivity contribution in [3.8, 4) is 11.5 Å². The fourth-order valence-electron chi connectivity index (χ4n) is 4.49. The van der Waals surface area contributed by atoms with Crippen LogP contribution in [0.25, 0.3) is 0 Å². The standard InChI is InChI=1S/C24H27NO4/c1-2-25(17-10-4-3-5-11-17)22(26)16-28-24(27)23-18-12-6-8-14-20(18)29-21-15-9-7-13-19(21)23/h6-9,12-15,17,23H,2-5,10-11,16H2,1H3. The molecule has 2 aromatic carbocycles. The highest BCUT2D eigenvalue weighted by Gasteiger charge is 2.34. The lowest BCUT2D eigenvalue weighted by Crippen LogP contribution is -2.43. The minimum absolute atomic E-state index is 0.110. The number of benzene rings is 2. The Labute approximate surface area is 171 Å². The second-order valence-corrected chi connectivity index (χ2v) is 7.69. The van der Waals surface area contributed by atoms with E-state index in [-0.39, 0.29) is 18.6 Å². The third kappa shape index (κ3) is 4.00. The molecule has 0 bridgehead atoms. The van der Waals surface area contributed by atoms with Gasteiger partial charge in [0.2, 0.25) is 0 Å². The van der Waals surface area contributed by atoms with Crippen LogP contribution in [0.15, 0.2) is 48.5 Å². The fourth-order valence-corrected chi connectivity index (χ4v) is 4.49. The van der Waals surface area contributed by atoms with E-state index >= 15 is 0 Å². The molecule has 1 aliphatic heterocycles. The number of rotatable bonds is 5. The number of hydrogen-bond acceptors (Lipinski definition) is 4. The third-order valence-corrected chi connectivity index (χ3v) is 5.93. The highest BCUT2D eigenvalue weighted by molar-refractivity contribution is 5.88. The van der Waals surface area contributed by atoms with Crippen molar-refractivity contribution in [2.75, 3.05) is 13.2 Å². The Morgan fingerprint density at radius 3 is 2.14 bits per heavy atom. The summed E-state index contributed by atoms with van der Waals surface area (Å²) in [6, 6.07) is 15.2. The van der Waals surface area contributed by atoms with Crippen LogP contribution in [0.1, 0.15) is 56.1 Å². The molecule has 2 aliphatic rings. The summed E-state index contributed by atoms with van der Waals surface area (Å²) < 4.78 is 11.5. The lowest BCUT2D eigenvalue weighted by molar-refractivity contribution is -0.153. The van der Waals surface area contributed by atoms with Crippen LogP contribution in [0.4, 0.5) is 0 Å². The molecular formula is C24H27NO4. The minimum atomic E-state index is -0.589. The maximum atomic E-state index is 13.1. The average Bonchev–Trinajstić information content (AvgIpc) is 2.77. The van der Waals surface area contributed by atoms with E-state index in [9.17, 15) is 9.59 Å². The van der Waals surface area contributed by atoms with Crippen molar-refractivity contribution in [1.82, 2.24) is 4.90 Å². The Kier molecular flexibility index (Phi) is 5.84. The fraction of sp³-hybridized carbons (Fsp3) is 0.417. The number of esters is 1. The Morgan fingerprint density at radius 1 is 0.966 bits per heavy atom. The third-order valence-electron chi connectivity index (χ3n) is 5.93. The van der Waals surface area contributed by atoms with Gasteiger partial charge in [0.05, 0.1) is 0 Å². The zero-order chi connectivity index (χ0) is 20.2. The van der Waals surface area contributed by atoms with E-state index in [1.54, 1.807) is 0 Å². The summed E-state index contributed by atoms with van der Waals surface area (Å²) in [6.45, 7) is 2.41. The second kappa shape index (κ2) is 8.68. The molecule has 0 atom stereocenters. The quantitative estimate of drug-likeness (QED) is 0.694. The van der Waals surface area contributed by atoms with Crippen molar-refractivity contribution in [2.45, 2.75) is 51.0 Å². The van der Waals surface area contributed by atoms with Crippen molar-refractivity contribution >= 4 is 11.9 Å². The smallest absolute Gasteiger partial charge is 0.318 e. The molecule has 1 amide bonds. The van der Waals surface area contributed by atoms with E-state index < -0.39 is 11.9 Å². The Morgan fingerprint density at radius 2 is 1.55 bits per heavy atom. The molecule has 1 saturated carbocycles. The number of hydrogen-bond donors (Lipinski definition) is 0. The van der Waals surface area contributed by atoms with Crippen molar-refractivity contribution in [3.05, 3.63) is 59.7 Å². The van der Waals surface area contributed by atoms with Gasteiger partial charge in [-0.1, -0.05) is 55.7 Å². The number of nitrogens with zero attached hydrogens (tertiary/aromatic N) is 1. The van der Waals surface area contributed by atoms with Crippen LogP contribution in [0.5, 0.6) is 11.5 Å². The highest BCUT2D eigenvalue weighted by atomic mass is 16.5.